The van der Waals surface area contributed by atoms with Gasteiger partial charge in [0.1, 0.15) is 0 Å². The summed E-state index contributed by atoms with van der Waals surface area (Å²) in [4.78, 5) is 2.62. The van der Waals surface area contributed by atoms with Crippen molar-refractivity contribution in [2.45, 2.75) is 57.6 Å². The predicted octanol–water partition coefficient (Wildman–Crippen LogP) is 2.02. The lowest BCUT2D eigenvalue weighted by molar-refractivity contribution is 0.0425. The second kappa shape index (κ2) is 4.63. The second-order valence-corrected chi connectivity index (χ2v) is 5.22. The molecule has 2 heteroatoms. The molecule has 14 heavy (non-hydrogen) atoms. The lowest BCUT2D eigenvalue weighted by Gasteiger charge is -2.40. The van der Waals surface area contributed by atoms with Crippen LogP contribution in [0, 0.1) is 5.92 Å². The number of likely N-dealkylation sites (tertiary alicyclic amines) is 1. The number of rotatable bonds is 1. The molecule has 0 aromatic rings. The molecule has 2 nitrogen and oxygen atoms in total. The summed E-state index contributed by atoms with van der Waals surface area (Å²) in [5.74, 6) is 0.864. The number of aliphatic hydroxyl groups is 1. The molecule has 3 atom stereocenters. The van der Waals surface area contributed by atoms with E-state index in [1.807, 2.05) is 0 Å². The molecule has 1 heterocycles. The van der Waals surface area contributed by atoms with Gasteiger partial charge in [-0.25, -0.2) is 0 Å². The fraction of sp³-hybridized carbons (Fsp3) is 1.00. The molecule has 1 saturated carbocycles. The highest BCUT2D eigenvalue weighted by Crippen LogP contribution is 2.27. The van der Waals surface area contributed by atoms with Crippen LogP contribution in [0.5, 0.6) is 0 Å². The Morgan fingerprint density at radius 3 is 2.71 bits per heavy atom. The normalized spacial score (nSPS) is 41.1. The van der Waals surface area contributed by atoms with E-state index in [0.29, 0.717) is 6.04 Å². The molecule has 2 fully saturated rings. The van der Waals surface area contributed by atoms with Crippen LogP contribution in [0.15, 0.2) is 0 Å². The smallest absolute Gasteiger partial charge is 0.0555 e. The molecule has 1 aliphatic carbocycles. The van der Waals surface area contributed by atoms with Gasteiger partial charge in [0.2, 0.25) is 0 Å². The average Bonchev–Trinajstić information content (AvgIpc) is 2.18. The molecule has 3 unspecified atom stereocenters. The molecule has 1 N–H and O–H groups in total. The van der Waals surface area contributed by atoms with Crippen molar-refractivity contribution in [1.82, 2.24) is 4.90 Å². The number of piperidine rings is 1. The van der Waals surface area contributed by atoms with E-state index in [-0.39, 0.29) is 6.10 Å². The Kier molecular flexibility index (Phi) is 3.45. The molecule has 0 aromatic heterocycles. The van der Waals surface area contributed by atoms with Gasteiger partial charge in [0.25, 0.3) is 0 Å². The van der Waals surface area contributed by atoms with E-state index in [9.17, 15) is 5.11 Å². The predicted molar refractivity (Wildman–Crippen MR) is 58.2 cm³/mol. The first kappa shape index (κ1) is 10.4. The summed E-state index contributed by atoms with van der Waals surface area (Å²) in [6.07, 6.45) is 7.30. The van der Waals surface area contributed by atoms with Gasteiger partial charge in [-0.15, -0.1) is 0 Å². The van der Waals surface area contributed by atoms with Crippen molar-refractivity contribution in [2.24, 2.45) is 5.92 Å². The lowest BCUT2D eigenvalue weighted by Crippen LogP contribution is -2.45. The highest BCUT2D eigenvalue weighted by atomic mass is 16.3. The lowest BCUT2D eigenvalue weighted by atomic mass is 9.89. The molecular weight excluding hydrogens is 174 g/mol. The maximum Gasteiger partial charge on any atom is 0.0555 e. The molecule has 82 valence electrons. The van der Waals surface area contributed by atoms with Crippen molar-refractivity contribution in [3.8, 4) is 0 Å². The minimum Gasteiger partial charge on any atom is -0.393 e. The molecule has 1 aliphatic heterocycles. The van der Waals surface area contributed by atoms with Gasteiger partial charge in [-0.3, -0.25) is 0 Å². The Balaban J connectivity index is 1.86. The number of nitrogens with zero attached hydrogens (tertiary/aromatic N) is 1. The highest BCUT2D eigenvalue weighted by molar-refractivity contribution is 4.83. The van der Waals surface area contributed by atoms with Crippen LogP contribution >= 0.6 is 0 Å². The van der Waals surface area contributed by atoms with Crippen molar-refractivity contribution in [1.29, 1.82) is 0 Å². The van der Waals surface area contributed by atoms with Crippen molar-refractivity contribution in [3.05, 3.63) is 0 Å². The number of hydrogen-bond acceptors (Lipinski definition) is 2. The monoisotopic (exact) mass is 197 g/mol. The zero-order valence-corrected chi connectivity index (χ0v) is 9.28. The van der Waals surface area contributed by atoms with Crippen molar-refractivity contribution < 1.29 is 5.11 Å². The molecule has 2 aliphatic rings. The summed E-state index contributed by atoms with van der Waals surface area (Å²) >= 11 is 0. The van der Waals surface area contributed by atoms with Gasteiger partial charge in [-0.2, -0.15) is 0 Å². The van der Waals surface area contributed by atoms with Crippen LogP contribution in [0.4, 0.5) is 0 Å². The molecule has 0 aromatic carbocycles. The fourth-order valence-corrected chi connectivity index (χ4v) is 3.03. The Hall–Kier alpha value is -0.0800. The first-order chi connectivity index (χ1) is 6.75. The molecule has 0 spiro atoms. The largest absolute Gasteiger partial charge is 0.393 e. The van der Waals surface area contributed by atoms with Crippen molar-refractivity contribution >= 4 is 0 Å². The Bertz CT molecular complexity index is 163. The van der Waals surface area contributed by atoms with Crippen molar-refractivity contribution in [2.75, 3.05) is 13.1 Å². The highest BCUT2D eigenvalue weighted by Gasteiger charge is 2.28. The maximum atomic E-state index is 9.65. The SMILES string of the molecule is CC1CCCN(C2CCCC(O)C2)C1. The minimum atomic E-state index is -0.0222. The summed E-state index contributed by atoms with van der Waals surface area (Å²) in [5.41, 5.74) is 0. The van der Waals surface area contributed by atoms with Crippen molar-refractivity contribution in [3.63, 3.8) is 0 Å². The van der Waals surface area contributed by atoms with E-state index in [1.165, 1.54) is 38.8 Å². The molecule has 0 amide bonds. The Labute approximate surface area is 87.3 Å². The summed E-state index contributed by atoms with van der Waals surface area (Å²) in [6, 6.07) is 0.682. The van der Waals surface area contributed by atoms with E-state index in [4.69, 9.17) is 0 Å². The zero-order chi connectivity index (χ0) is 9.97. The first-order valence-electron chi connectivity index (χ1n) is 6.18. The minimum absolute atomic E-state index is 0.0222. The zero-order valence-electron chi connectivity index (χ0n) is 9.28. The molecule has 2 rings (SSSR count). The first-order valence-corrected chi connectivity index (χ1v) is 6.18. The van der Waals surface area contributed by atoms with Gasteiger partial charge in [0.05, 0.1) is 6.10 Å². The maximum absolute atomic E-state index is 9.65. The fourth-order valence-electron chi connectivity index (χ4n) is 3.03. The van der Waals surface area contributed by atoms with Gasteiger partial charge in [-0.1, -0.05) is 6.92 Å². The third kappa shape index (κ3) is 2.48. The summed E-state index contributed by atoms with van der Waals surface area (Å²) in [6.45, 7) is 4.88. The van der Waals surface area contributed by atoms with Gasteiger partial charge < -0.3 is 10.0 Å². The quantitative estimate of drug-likeness (QED) is 0.695. The van der Waals surface area contributed by atoms with E-state index < -0.39 is 0 Å². The summed E-state index contributed by atoms with van der Waals surface area (Å²) < 4.78 is 0. The van der Waals surface area contributed by atoms with E-state index in [0.717, 1.165) is 18.8 Å². The molecule has 0 bridgehead atoms. The van der Waals surface area contributed by atoms with E-state index in [1.54, 1.807) is 0 Å². The van der Waals surface area contributed by atoms with Crippen LogP contribution in [0.25, 0.3) is 0 Å². The van der Waals surface area contributed by atoms with Crippen LogP contribution in [0.3, 0.4) is 0 Å². The van der Waals surface area contributed by atoms with Gasteiger partial charge in [0.15, 0.2) is 0 Å². The second-order valence-electron chi connectivity index (χ2n) is 5.22. The van der Waals surface area contributed by atoms with Gasteiger partial charge in [-0.05, 0) is 51.0 Å². The van der Waals surface area contributed by atoms with Crippen LogP contribution < -0.4 is 0 Å². The topological polar surface area (TPSA) is 23.5 Å². The van der Waals surface area contributed by atoms with Crippen LogP contribution in [-0.2, 0) is 0 Å². The standard InChI is InChI=1S/C12H23NO/c1-10-4-3-7-13(9-10)11-5-2-6-12(14)8-11/h10-12,14H,2-9H2,1H3. The third-order valence-electron chi connectivity index (χ3n) is 3.82. The number of aliphatic hydroxyl groups excluding tert-OH is 1. The molecule has 0 radical (unpaired) electrons. The Morgan fingerprint density at radius 2 is 2.00 bits per heavy atom. The average molecular weight is 197 g/mol. The summed E-state index contributed by atoms with van der Waals surface area (Å²) in [5, 5.41) is 9.65. The molecule has 1 saturated heterocycles. The molecular formula is C12H23NO. The van der Waals surface area contributed by atoms with Crippen LogP contribution in [0.2, 0.25) is 0 Å². The summed E-state index contributed by atoms with van der Waals surface area (Å²) in [7, 11) is 0. The Morgan fingerprint density at radius 1 is 1.14 bits per heavy atom. The van der Waals surface area contributed by atoms with E-state index in [2.05, 4.69) is 11.8 Å². The number of hydrogen-bond donors (Lipinski definition) is 1. The van der Waals surface area contributed by atoms with Crippen LogP contribution in [-0.4, -0.2) is 35.2 Å². The van der Waals surface area contributed by atoms with Gasteiger partial charge in [0, 0.05) is 12.6 Å². The van der Waals surface area contributed by atoms with Gasteiger partial charge >= 0.3 is 0 Å². The third-order valence-corrected chi connectivity index (χ3v) is 3.82. The van der Waals surface area contributed by atoms with E-state index >= 15 is 0 Å². The van der Waals surface area contributed by atoms with Crippen LogP contribution in [0.1, 0.15) is 45.4 Å².